The maximum absolute atomic E-state index is 12.3. The normalized spacial score (nSPS) is 16.7. The van der Waals surface area contributed by atoms with Gasteiger partial charge in [0.1, 0.15) is 26.7 Å². The van der Waals surface area contributed by atoms with Gasteiger partial charge in [0.2, 0.25) is 5.91 Å². The molecule has 188 valence electrons. The summed E-state index contributed by atoms with van der Waals surface area (Å²) in [4.78, 5) is 52.9. The van der Waals surface area contributed by atoms with Crippen molar-refractivity contribution >= 4 is 26.8 Å². The molecule has 2 aromatic carbocycles. The number of benzene rings is 2. The van der Waals surface area contributed by atoms with Gasteiger partial charge in [-0.25, -0.2) is 0 Å². The summed E-state index contributed by atoms with van der Waals surface area (Å²) in [6.07, 6.45) is 0.0389. The molecule has 14 heteroatoms. The average molecular weight is 559 g/mol. The summed E-state index contributed by atoms with van der Waals surface area (Å²) in [6.45, 7) is 4.04. The predicted molar refractivity (Wildman–Crippen MR) is 124 cm³/mol. The Hall–Kier alpha value is -0.190. The largest absolute Gasteiger partial charge is 1.00 e. The van der Waals surface area contributed by atoms with Gasteiger partial charge in [-0.3, -0.25) is 4.79 Å². The number of phenolic OH excluding ortho intramolecular Hbond substituents is 2. The van der Waals surface area contributed by atoms with E-state index in [1.807, 2.05) is 26.0 Å². The summed E-state index contributed by atoms with van der Waals surface area (Å²) in [7, 11) is -10.9. The van der Waals surface area contributed by atoms with E-state index in [2.05, 4.69) is 5.32 Å². The van der Waals surface area contributed by atoms with Crippen LogP contribution in [-0.2, 0) is 13.9 Å². The van der Waals surface area contributed by atoms with Gasteiger partial charge >= 0.3 is 59.1 Å². The molecule has 2 rings (SSSR count). The maximum Gasteiger partial charge on any atom is 1.00 e. The van der Waals surface area contributed by atoms with Crippen LogP contribution in [0.15, 0.2) is 42.5 Å². The van der Waals surface area contributed by atoms with E-state index in [9.17, 15) is 33.9 Å². The quantitative estimate of drug-likeness (QED) is 0.108. The molecule has 10 nitrogen and oxygen atoms in total. The minimum atomic E-state index is -5.44. The van der Waals surface area contributed by atoms with Crippen LogP contribution < -0.4 is 74.2 Å². The fourth-order valence-electron chi connectivity index (χ4n) is 4.09. The molecular weight excluding hydrogens is 530 g/mol. The molecule has 0 aliphatic carbocycles. The molecule has 5 N–H and O–H groups in total. The number of phenols is 2. The molecule has 1 amide bonds. The third kappa shape index (κ3) is 10.2. The Morgan fingerprint density at radius 3 is 1.83 bits per heavy atom. The van der Waals surface area contributed by atoms with E-state index in [0.717, 1.165) is 24.0 Å². The van der Waals surface area contributed by atoms with Crippen molar-refractivity contribution in [3.63, 3.8) is 0 Å². The number of rotatable bonds is 11. The maximum atomic E-state index is 12.3. The van der Waals surface area contributed by atoms with Gasteiger partial charge in [0, 0.05) is 6.42 Å². The third-order valence-corrected chi connectivity index (χ3v) is 9.57. The first kappa shape index (κ1) is 35.8. The van der Waals surface area contributed by atoms with Crippen LogP contribution in [0.5, 0.6) is 11.5 Å². The molecule has 0 aliphatic heterocycles. The van der Waals surface area contributed by atoms with Crippen molar-refractivity contribution in [2.45, 2.75) is 56.8 Å². The first-order valence-corrected chi connectivity index (χ1v) is 14.1. The third-order valence-electron chi connectivity index (χ3n) is 5.79. The van der Waals surface area contributed by atoms with Crippen molar-refractivity contribution < 1.29 is 103 Å². The molecule has 0 spiro atoms. The smallest absolute Gasteiger partial charge is 0.778 e. The molecule has 0 aliphatic rings. The Labute approximate surface area is 254 Å². The molecule has 0 heterocycles. The summed E-state index contributed by atoms with van der Waals surface area (Å²) in [5.41, 5.74) is 1.91. The van der Waals surface area contributed by atoms with Crippen molar-refractivity contribution in [1.82, 2.24) is 0 Å². The standard InChI is InChI=1S/C22H31NO9P2.2Na/c1-3-17(14-5-8-16(24)9-6-14)18(4-2)15-7-10-20(25)19(13-15)23-21(26)11-12-22(33(27,28)29)34(30,31)32;;/h5-10,13,17-18,22,24-25H,3-4,11-12H2,1-2H3,(H,23,26)(H2,27,28,29)(H2,30,31,32);;/q;2*+1/p-2/t17-,18+;;/m1../s1. The van der Waals surface area contributed by atoms with Gasteiger partial charge < -0.3 is 44.2 Å². The van der Waals surface area contributed by atoms with Crippen LogP contribution in [0.4, 0.5) is 5.69 Å². The molecule has 0 radical (unpaired) electrons. The van der Waals surface area contributed by atoms with Crippen LogP contribution >= 0.6 is 15.2 Å². The van der Waals surface area contributed by atoms with Gasteiger partial charge in [-0.1, -0.05) is 32.0 Å². The number of hydrogen-bond acceptors (Lipinski definition) is 7. The minimum Gasteiger partial charge on any atom is -0.778 e. The van der Waals surface area contributed by atoms with E-state index in [1.165, 1.54) is 6.07 Å². The van der Waals surface area contributed by atoms with Crippen molar-refractivity contribution in [2.75, 3.05) is 5.32 Å². The van der Waals surface area contributed by atoms with Crippen LogP contribution in [0, 0.1) is 0 Å². The summed E-state index contributed by atoms with van der Waals surface area (Å²) in [6, 6.07) is 11.7. The predicted octanol–water partition coefficient (Wildman–Crippen LogP) is -3.07. The van der Waals surface area contributed by atoms with Crippen LogP contribution in [0.1, 0.15) is 62.5 Å². The van der Waals surface area contributed by atoms with Crippen molar-refractivity contribution in [3.05, 3.63) is 53.6 Å². The average Bonchev–Trinajstić information content (AvgIpc) is 2.72. The summed E-state index contributed by atoms with van der Waals surface area (Å²) < 4.78 is 22.5. The van der Waals surface area contributed by atoms with E-state index in [1.54, 1.807) is 24.3 Å². The number of aromatic hydroxyl groups is 2. The molecule has 2 aromatic rings. The first-order valence-electron chi connectivity index (χ1n) is 10.8. The second kappa shape index (κ2) is 15.4. The van der Waals surface area contributed by atoms with Crippen molar-refractivity contribution in [1.29, 1.82) is 0 Å². The molecular formula is C22H29NNa2O9P2. The van der Waals surface area contributed by atoms with E-state index in [-0.39, 0.29) is 88.1 Å². The van der Waals surface area contributed by atoms with Crippen LogP contribution in [-0.4, -0.2) is 31.3 Å². The summed E-state index contributed by atoms with van der Waals surface area (Å²) in [5.74, 6) is -0.789. The second-order valence-electron chi connectivity index (χ2n) is 8.09. The fourth-order valence-corrected chi connectivity index (χ4v) is 6.48. The Kier molecular flexibility index (Phi) is 15.3. The Morgan fingerprint density at radius 1 is 0.889 bits per heavy atom. The van der Waals surface area contributed by atoms with E-state index < -0.39 is 39.3 Å². The Balaban J connectivity index is 0.00000612. The number of amides is 1. The first-order chi connectivity index (χ1) is 15.8. The minimum absolute atomic E-state index is 0. The SMILES string of the molecule is CC[C@H](c1ccc(O)cc1)[C@@H](CC)c1ccc(O)c(NC(=O)CCC(P(=O)([O-])O)P(=O)([O-])O)c1.[Na+].[Na+]. The Bertz CT molecular complexity index is 1070. The number of anilines is 1. The molecule has 0 aromatic heterocycles. The zero-order valence-electron chi connectivity index (χ0n) is 20.8. The van der Waals surface area contributed by atoms with Crippen LogP contribution in [0.2, 0.25) is 0 Å². The van der Waals surface area contributed by atoms with Crippen molar-refractivity contribution in [2.24, 2.45) is 0 Å². The number of carbonyl (C=O) groups is 1. The van der Waals surface area contributed by atoms with Gasteiger partial charge in [0.25, 0.3) is 0 Å². The monoisotopic (exact) mass is 559 g/mol. The molecule has 0 fully saturated rings. The zero-order chi connectivity index (χ0) is 25.7. The van der Waals surface area contributed by atoms with E-state index in [4.69, 9.17) is 9.79 Å². The van der Waals surface area contributed by atoms with E-state index >= 15 is 0 Å². The van der Waals surface area contributed by atoms with Gasteiger partial charge in [0.05, 0.1) is 11.1 Å². The summed E-state index contributed by atoms with van der Waals surface area (Å²) in [5, 5.41) is 19.7. The molecule has 36 heavy (non-hydrogen) atoms. The van der Waals surface area contributed by atoms with Crippen molar-refractivity contribution in [3.8, 4) is 11.5 Å². The summed E-state index contributed by atoms with van der Waals surface area (Å²) >= 11 is 0. The van der Waals surface area contributed by atoms with E-state index in [0.29, 0.717) is 0 Å². The van der Waals surface area contributed by atoms with Gasteiger partial charge in [0.15, 0.2) is 0 Å². The molecule has 4 atom stereocenters. The zero-order valence-corrected chi connectivity index (χ0v) is 26.6. The van der Waals surface area contributed by atoms with Crippen LogP contribution in [0.25, 0.3) is 0 Å². The fraction of sp³-hybridized carbons (Fsp3) is 0.409. The molecule has 0 saturated carbocycles. The van der Waals surface area contributed by atoms with Gasteiger partial charge in [-0.05, 0) is 66.5 Å². The van der Waals surface area contributed by atoms with Gasteiger partial charge in [-0.2, -0.15) is 0 Å². The number of hydrogen-bond donors (Lipinski definition) is 5. The van der Waals surface area contributed by atoms with Crippen LogP contribution in [0.3, 0.4) is 0 Å². The second-order valence-corrected chi connectivity index (χ2v) is 12.0. The molecule has 0 saturated heterocycles. The molecule has 0 bridgehead atoms. The number of carbonyl (C=O) groups excluding carboxylic acids is 1. The molecule has 2 unspecified atom stereocenters. The topological polar surface area (TPSA) is 190 Å². The number of nitrogens with one attached hydrogen (secondary N) is 1. The van der Waals surface area contributed by atoms with Gasteiger partial charge in [-0.15, -0.1) is 0 Å². The Morgan fingerprint density at radius 2 is 1.36 bits per heavy atom.